The molecule has 1 aromatic rings. The van der Waals surface area contributed by atoms with Gasteiger partial charge in [0.2, 0.25) is 10.0 Å². The van der Waals surface area contributed by atoms with Crippen LogP contribution in [0.25, 0.3) is 0 Å². The fraction of sp³-hybridized carbons (Fsp3) is 0.417. The lowest BCUT2D eigenvalue weighted by Crippen LogP contribution is -2.40. The topological polar surface area (TPSA) is 98.5 Å². The zero-order valence-electron chi connectivity index (χ0n) is 11.1. The molecule has 0 radical (unpaired) electrons. The first-order valence-electron chi connectivity index (χ1n) is 5.80. The molecular formula is C12H18N2O4S. The molecule has 106 valence electrons. The molecule has 1 atom stereocenters. The van der Waals surface area contributed by atoms with E-state index in [2.05, 4.69) is 5.32 Å². The predicted molar refractivity (Wildman–Crippen MR) is 71.2 cm³/mol. The zero-order chi connectivity index (χ0) is 14.6. The molecule has 7 heteroatoms. The zero-order valence-corrected chi connectivity index (χ0v) is 11.9. The minimum Gasteiger partial charge on any atom is -0.481 e. The maximum Gasteiger partial charge on any atom is 0.260 e. The van der Waals surface area contributed by atoms with Gasteiger partial charge in [0.25, 0.3) is 5.91 Å². The van der Waals surface area contributed by atoms with Gasteiger partial charge >= 0.3 is 0 Å². The van der Waals surface area contributed by atoms with Crippen molar-refractivity contribution in [3.63, 3.8) is 0 Å². The van der Waals surface area contributed by atoms with E-state index in [9.17, 15) is 13.2 Å². The highest BCUT2D eigenvalue weighted by Crippen LogP contribution is 2.16. The summed E-state index contributed by atoms with van der Waals surface area (Å²) in [5.74, 6) is 0.171. The van der Waals surface area contributed by atoms with Crippen molar-refractivity contribution in [1.82, 2.24) is 5.32 Å². The highest BCUT2D eigenvalue weighted by Gasteiger charge is 2.15. The van der Waals surface area contributed by atoms with Crippen molar-refractivity contribution in [1.29, 1.82) is 0 Å². The minimum absolute atomic E-state index is 0.000801. The Hall–Kier alpha value is -1.60. The number of carbonyl (C=O) groups is 1. The van der Waals surface area contributed by atoms with Gasteiger partial charge in [-0.15, -0.1) is 0 Å². The van der Waals surface area contributed by atoms with E-state index in [1.807, 2.05) is 13.8 Å². The molecule has 0 saturated carbocycles. The van der Waals surface area contributed by atoms with Gasteiger partial charge in [-0.25, -0.2) is 13.6 Å². The van der Waals surface area contributed by atoms with Gasteiger partial charge in [-0.2, -0.15) is 0 Å². The molecule has 19 heavy (non-hydrogen) atoms. The van der Waals surface area contributed by atoms with Crippen LogP contribution >= 0.6 is 0 Å². The Morgan fingerprint density at radius 1 is 1.21 bits per heavy atom. The van der Waals surface area contributed by atoms with E-state index in [4.69, 9.17) is 9.88 Å². The summed E-state index contributed by atoms with van der Waals surface area (Å²) in [6.07, 6.45) is -0.664. The van der Waals surface area contributed by atoms with Crippen molar-refractivity contribution < 1.29 is 17.9 Å². The molecular weight excluding hydrogens is 268 g/mol. The van der Waals surface area contributed by atoms with Gasteiger partial charge in [0, 0.05) is 6.04 Å². The summed E-state index contributed by atoms with van der Waals surface area (Å²) in [5.41, 5.74) is 0. The van der Waals surface area contributed by atoms with Crippen molar-refractivity contribution in [3.05, 3.63) is 24.3 Å². The van der Waals surface area contributed by atoms with Crippen LogP contribution < -0.4 is 15.2 Å². The molecule has 0 heterocycles. The van der Waals surface area contributed by atoms with E-state index < -0.39 is 16.1 Å². The molecule has 0 fully saturated rings. The van der Waals surface area contributed by atoms with Crippen LogP contribution in [-0.4, -0.2) is 26.5 Å². The van der Waals surface area contributed by atoms with Crippen LogP contribution in [0.2, 0.25) is 0 Å². The van der Waals surface area contributed by atoms with Crippen LogP contribution in [-0.2, 0) is 14.8 Å². The van der Waals surface area contributed by atoms with Gasteiger partial charge in [-0.1, -0.05) is 0 Å². The number of primary sulfonamides is 1. The Labute approximate surface area is 113 Å². The highest BCUT2D eigenvalue weighted by molar-refractivity contribution is 7.89. The molecule has 0 aliphatic carbocycles. The predicted octanol–water partition coefficient (Wildman–Crippen LogP) is 0.626. The number of hydrogen-bond donors (Lipinski definition) is 2. The Bertz CT molecular complexity index is 537. The van der Waals surface area contributed by atoms with Crippen LogP contribution in [0.4, 0.5) is 0 Å². The highest BCUT2D eigenvalue weighted by atomic mass is 32.2. The summed E-state index contributed by atoms with van der Waals surface area (Å²) in [6.45, 7) is 5.32. The summed E-state index contributed by atoms with van der Waals surface area (Å²) in [4.78, 5) is 11.6. The quantitative estimate of drug-likeness (QED) is 0.829. The molecule has 0 unspecified atom stereocenters. The maximum absolute atomic E-state index is 11.6. The van der Waals surface area contributed by atoms with E-state index in [1.54, 1.807) is 6.92 Å². The number of carbonyl (C=O) groups excluding carboxylic acids is 1. The number of sulfonamides is 1. The minimum atomic E-state index is -3.72. The van der Waals surface area contributed by atoms with Crippen LogP contribution in [0.15, 0.2) is 29.2 Å². The Morgan fingerprint density at radius 3 is 2.16 bits per heavy atom. The van der Waals surface area contributed by atoms with Gasteiger partial charge in [-0.05, 0) is 45.0 Å². The SMILES string of the molecule is CC(C)NC(=O)[C@H](C)Oc1ccc(S(N)(=O)=O)cc1. The largest absolute Gasteiger partial charge is 0.481 e. The van der Waals surface area contributed by atoms with Gasteiger partial charge in [-0.3, -0.25) is 4.79 Å². The first-order chi connectivity index (χ1) is 8.70. The second kappa shape index (κ2) is 6.03. The molecule has 0 spiro atoms. The second-order valence-corrected chi connectivity index (χ2v) is 6.00. The van der Waals surface area contributed by atoms with Gasteiger partial charge in [0.15, 0.2) is 6.10 Å². The summed E-state index contributed by atoms with van der Waals surface area (Å²) in [7, 11) is -3.72. The third-order valence-electron chi connectivity index (χ3n) is 2.27. The van der Waals surface area contributed by atoms with Crippen LogP contribution in [0.5, 0.6) is 5.75 Å². The fourth-order valence-corrected chi connectivity index (χ4v) is 1.88. The number of rotatable bonds is 5. The first kappa shape index (κ1) is 15.5. The van der Waals surface area contributed by atoms with Crippen LogP contribution in [0, 0.1) is 0 Å². The van der Waals surface area contributed by atoms with Gasteiger partial charge in [0.05, 0.1) is 4.90 Å². The second-order valence-electron chi connectivity index (χ2n) is 4.44. The lowest BCUT2D eigenvalue weighted by atomic mass is 10.3. The van der Waals surface area contributed by atoms with Crippen LogP contribution in [0.3, 0.4) is 0 Å². The summed E-state index contributed by atoms with van der Waals surface area (Å²) < 4.78 is 27.5. The standard InChI is InChI=1S/C12H18N2O4S/c1-8(2)14-12(15)9(3)18-10-4-6-11(7-5-10)19(13,16)17/h4-9H,1-3H3,(H,14,15)(H2,13,16,17)/t9-/m0/s1. The van der Waals surface area contributed by atoms with E-state index in [-0.39, 0.29) is 16.8 Å². The number of hydrogen-bond acceptors (Lipinski definition) is 4. The summed E-state index contributed by atoms with van der Waals surface area (Å²) in [5, 5.41) is 7.70. The molecule has 3 N–H and O–H groups in total. The van der Waals surface area contributed by atoms with Crippen LogP contribution in [0.1, 0.15) is 20.8 Å². The van der Waals surface area contributed by atoms with Crippen molar-refractivity contribution in [3.8, 4) is 5.75 Å². The van der Waals surface area contributed by atoms with Crippen molar-refractivity contribution in [2.24, 2.45) is 5.14 Å². The number of nitrogens with two attached hydrogens (primary N) is 1. The average molecular weight is 286 g/mol. The molecule has 1 amide bonds. The summed E-state index contributed by atoms with van der Waals surface area (Å²) >= 11 is 0. The van der Waals surface area contributed by atoms with E-state index in [0.29, 0.717) is 5.75 Å². The number of benzene rings is 1. The van der Waals surface area contributed by atoms with E-state index >= 15 is 0 Å². The number of nitrogens with one attached hydrogen (secondary N) is 1. The number of ether oxygens (including phenoxy) is 1. The van der Waals surface area contributed by atoms with Gasteiger partial charge in [0.1, 0.15) is 5.75 Å². The summed E-state index contributed by atoms with van der Waals surface area (Å²) in [6, 6.07) is 5.61. The molecule has 0 bridgehead atoms. The average Bonchev–Trinajstić information content (AvgIpc) is 2.27. The third-order valence-corrected chi connectivity index (χ3v) is 3.19. The van der Waals surface area contributed by atoms with Gasteiger partial charge < -0.3 is 10.1 Å². The number of amides is 1. The molecule has 6 nitrogen and oxygen atoms in total. The first-order valence-corrected chi connectivity index (χ1v) is 7.34. The monoisotopic (exact) mass is 286 g/mol. The maximum atomic E-state index is 11.6. The van der Waals surface area contributed by atoms with Crippen molar-refractivity contribution >= 4 is 15.9 Å². The van der Waals surface area contributed by atoms with E-state index in [0.717, 1.165) is 0 Å². The Balaban J connectivity index is 2.71. The third kappa shape index (κ3) is 4.88. The smallest absolute Gasteiger partial charge is 0.260 e. The lowest BCUT2D eigenvalue weighted by molar-refractivity contribution is -0.127. The Morgan fingerprint density at radius 2 is 1.74 bits per heavy atom. The molecule has 0 aliphatic rings. The normalized spacial score (nSPS) is 13.1. The molecule has 1 aromatic carbocycles. The van der Waals surface area contributed by atoms with E-state index in [1.165, 1.54) is 24.3 Å². The Kier molecular flexibility index (Phi) is 4.90. The molecule has 0 aromatic heterocycles. The molecule has 0 saturated heterocycles. The molecule has 0 aliphatic heterocycles. The van der Waals surface area contributed by atoms with Crippen molar-refractivity contribution in [2.75, 3.05) is 0 Å². The van der Waals surface area contributed by atoms with Crippen molar-refractivity contribution in [2.45, 2.75) is 37.8 Å². The molecule has 1 rings (SSSR count). The lowest BCUT2D eigenvalue weighted by Gasteiger charge is -2.16. The fourth-order valence-electron chi connectivity index (χ4n) is 1.37.